The number of carbonyl (C=O) groups excluding carboxylic acids is 1. The summed E-state index contributed by atoms with van der Waals surface area (Å²) < 4.78 is 10.7. The molecule has 1 aliphatic rings. The third-order valence-electron chi connectivity index (χ3n) is 3.17. The minimum Gasteiger partial charge on any atom is -0.464 e. The number of ether oxygens (including phenoxy) is 2. The maximum atomic E-state index is 11.6. The van der Waals surface area contributed by atoms with Crippen molar-refractivity contribution in [3.63, 3.8) is 0 Å². The largest absolute Gasteiger partial charge is 0.464 e. The highest BCUT2D eigenvalue weighted by Crippen LogP contribution is 2.25. The second-order valence-corrected chi connectivity index (χ2v) is 5.05. The number of hydrogen-bond acceptors (Lipinski definition) is 3. The lowest BCUT2D eigenvalue weighted by atomic mass is 9.90. The molecule has 0 N–H and O–H groups in total. The van der Waals surface area contributed by atoms with Gasteiger partial charge < -0.3 is 9.47 Å². The second-order valence-electron chi connectivity index (χ2n) is 5.05. The minimum absolute atomic E-state index is 0.259. The first-order valence-corrected chi connectivity index (χ1v) is 6.37. The van der Waals surface area contributed by atoms with E-state index in [1.165, 1.54) is 32.1 Å². The fraction of sp³-hybridized carbons (Fsp3) is 0.923. The van der Waals surface area contributed by atoms with Crippen molar-refractivity contribution >= 4 is 5.97 Å². The molecule has 0 spiro atoms. The summed E-state index contributed by atoms with van der Waals surface area (Å²) in [6.07, 6.45) is 6.41. The third-order valence-corrected chi connectivity index (χ3v) is 3.17. The van der Waals surface area contributed by atoms with Crippen molar-refractivity contribution < 1.29 is 14.3 Å². The van der Waals surface area contributed by atoms with Crippen LogP contribution >= 0.6 is 0 Å². The van der Waals surface area contributed by atoms with Crippen molar-refractivity contribution in [3.05, 3.63) is 0 Å². The van der Waals surface area contributed by atoms with E-state index < -0.39 is 5.60 Å². The molecule has 0 aromatic heterocycles. The molecule has 0 bridgehead atoms. The van der Waals surface area contributed by atoms with Gasteiger partial charge in [0.2, 0.25) is 0 Å². The highest BCUT2D eigenvalue weighted by Gasteiger charge is 2.31. The van der Waals surface area contributed by atoms with Crippen molar-refractivity contribution in [1.29, 1.82) is 0 Å². The Morgan fingerprint density at radius 3 is 2.44 bits per heavy atom. The molecule has 0 saturated heterocycles. The minimum atomic E-state index is -0.798. The molecule has 1 rings (SSSR count). The molecule has 0 aliphatic heterocycles. The normalized spacial score (nSPS) is 18.4. The molecular formula is C13H24O3. The molecule has 1 saturated carbocycles. The van der Waals surface area contributed by atoms with Crippen LogP contribution in [-0.2, 0) is 14.3 Å². The number of rotatable bonds is 5. The Morgan fingerprint density at radius 1 is 1.25 bits per heavy atom. The van der Waals surface area contributed by atoms with E-state index in [2.05, 4.69) is 0 Å². The van der Waals surface area contributed by atoms with Crippen LogP contribution in [-0.4, -0.2) is 24.8 Å². The zero-order valence-corrected chi connectivity index (χ0v) is 10.8. The maximum Gasteiger partial charge on any atom is 0.337 e. The molecule has 94 valence electrons. The lowest BCUT2D eigenvalue weighted by Gasteiger charge is -2.27. The Morgan fingerprint density at radius 2 is 1.88 bits per heavy atom. The average Bonchev–Trinajstić information content (AvgIpc) is 2.28. The Balaban J connectivity index is 2.31. The van der Waals surface area contributed by atoms with Crippen LogP contribution in [0.4, 0.5) is 0 Å². The van der Waals surface area contributed by atoms with Gasteiger partial charge in [-0.3, -0.25) is 0 Å². The van der Waals surface area contributed by atoms with Gasteiger partial charge in [0.05, 0.1) is 13.2 Å². The first-order valence-electron chi connectivity index (χ1n) is 6.37. The zero-order valence-electron chi connectivity index (χ0n) is 10.8. The van der Waals surface area contributed by atoms with Gasteiger partial charge in [0.15, 0.2) is 5.60 Å². The van der Waals surface area contributed by atoms with Crippen LogP contribution in [0.15, 0.2) is 0 Å². The summed E-state index contributed by atoms with van der Waals surface area (Å²) >= 11 is 0. The van der Waals surface area contributed by atoms with E-state index in [1.54, 1.807) is 13.8 Å². The van der Waals surface area contributed by atoms with Crippen molar-refractivity contribution in [2.75, 3.05) is 13.2 Å². The summed E-state index contributed by atoms with van der Waals surface area (Å²) in [5, 5.41) is 0. The van der Waals surface area contributed by atoms with Crippen LogP contribution in [0, 0.1) is 5.92 Å². The summed E-state index contributed by atoms with van der Waals surface area (Å²) in [5.74, 6) is 0.369. The molecule has 0 atom stereocenters. The molecular weight excluding hydrogens is 204 g/mol. The SMILES string of the molecule is CCOC(=O)C(C)(C)OCC1CCCCC1. The third kappa shape index (κ3) is 4.12. The van der Waals surface area contributed by atoms with E-state index in [1.807, 2.05) is 6.92 Å². The fourth-order valence-corrected chi connectivity index (χ4v) is 2.04. The van der Waals surface area contributed by atoms with Crippen LogP contribution in [0.1, 0.15) is 52.9 Å². The lowest BCUT2D eigenvalue weighted by molar-refractivity contribution is -0.169. The number of hydrogen-bond donors (Lipinski definition) is 0. The van der Waals surface area contributed by atoms with Gasteiger partial charge in [0.25, 0.3) is 0 Å². The van der Waals surface area contributed by atoms with Gasteiger partial charge in [-0.2, -0.15) is 0 Å². The Labute approximate surface area is 98.5 Å². The van der Waals surface area contributed by atoms with E-state index in [0.29, 0.717) is 19.1 Å². The quantitative estimate of drug-likeness (QED) is 0.679. The van der Waals surface area contributed by atoms with E-state index in [4.69, 9.17) is 9.47 Å². The lowest BCUT2D eigenvalue weighted by Crippen LogP contribution is -2.38. The van der Waals surface area contributed by atoms with Gasteiger partial charge in [-0.15, -0.1) is 0 Å². The fourth-order valence-electron chi connectivity index (χ4n) is 2.04. The van der Waals surface area contributed by atoms with Gasteiger partial charge in [-0.05, 0) is 39.5 Å². The van der Waals surface area contributed by atoms with E-state index >= 15 is 0 Å². The smallest absolute Gasteiger partial charge is 0.337 e. The summed E-state index contributed by atoms with van der Waals surface area (Å²) in [6, 6.07) is 0. The predicted octanol–water partition coefficient (Wildman–Crippen LogP) is 2.93. The molecule has 0 radical (unpaired) electrons. The molecule has 1 aliphatic carbocycles. The summed E-state index contributed by atoms with van der Waals surface area (Å²) in [6.45, 7) is 6.48. The maximum absolute atomic E-state index is 11.6. The van der Waals surface area contributed by atoms with Crippen LogP contribution in [0.25, 0.3) is 0 Å². The highest BCUT2D eigenvalue weighted by atomic mass is 16.6. The van der Waals surface area contributed by atoms with Gasteiger partial charge in [-0.1, -0.05) is 19.3 Å². The molecule has 0 aromatic carbocycles. The molecule has 0 unspecified atom stereocenters. The molecule has 1 fully saturated rings. The molecule has 3 nitrogen and oxygen atoms in total. The first-order chi connectivity index (χ1) is 7.56. The Hall–Kier alpha value is -0.570. The standard InChI is InChI=1S/C13H24O3/c1-4-15-12(14)13(2,3)16-10-11-8-6-5-7-9-11/h11H,4-10H2,1-3H3. The Bertz CT molecular complexity index is 217. The average molecular weight is 228 g/mol. The van der Waals surface area contributed by atoms with Crippen molar-refractivity contribution in [2.24, 2.45) is 5.92 Å². The number of carbonyl (C=O) groups is 1. The molecule has 0 aromatic rings. The molecule has 16 heavy (non-hydrogen) atoms. The second kappa shape index (κ2) is 6.24. The first kappa shape index (κ1) is 13.5. The topological polar surface area (TPSA) is 35.5 Å². The van der Waals surface area contributed by atoms with Crippen LogP contribution in [0.5, 0.6) is 0 Å². The monoisotopic (exact) mass is 228 g/mol. The predicted molar refractivity (Wildman–Crippen MR) is 63.2 cm³/mol. The zero-order chi connectivity index (χ0) is 12.0. The Kier molecular flexibility index (Phi) is 5.26. The van der Waals surface area contributed by atoms with Crippen molar-refractivity contribution in [3.8, 4) is 0 Å². The van der Waals surface area contributed by atoms with E-state index in [9.17, 15) is 4.79 Å². The molecule has 3 heteroatoms. The van der Waals surface area contributed by atoms with Crippen LogP contribution in [0.2, 0.25) is 0 Å². The molecule has 0 heterocycles. The number of esters is 1. The summed E-state index contributed by atoms with van der Waals surface area (Å²) in [5.41, 5.74) is -0.798. The van der Waals surface area contributed by atoms with Gasteiger partial charge in [0, 0.05) is 0 Å². The van der Waals surface area contributed by atoms with Crippen molar-refractivity contribution in [2.45, 2.75) is 58.5 Å². The van der Waals surface area contributed by atoms with Crippen molar-refractivity contribution in [1.82, 2.24) is 0 Å². The summed E-state index contributed by atoms with van der Waals surface area (Å²) in [7, 11) is 0. The van der Waals surface area contributed by atoms with Gasteiger partial charge in [0.1, 0.15) is 0 Å². The molecule has 0 amide bonds. The highest BCUT2D eigenvalue weighted by molar-refractivity contribution is 5.78. The van der Waals surface area contributed by atoms with Crippen LogP contribution < -0.4 is 0 Å². The van der Waals surface area contributed by atoms with E-state index in [-0.39, 0.29) is 5.97 Å². The summed E-state index contributed by atoms with van der Waals surface area (Å²) in [4.78, 5) is 11.6. The van der Waals surface area contributed by atoms with Gasteiger partial charge >= 0.3 is 5.97 Å². The van der Waals surface area contributed by atoms with E-state index in [0.717, 1.165) is 0 Å². The van der Waals surface area contributed by atoms with Crippen LogP contribution in [0.3, 0.4) is 0 Å². The van der Waals surface area contributed by atoms with Gasteiger partial charge in [-0.25, -0.2) is 4.79 Å².